The zero-order valence-electron chi connectivity index (χ0n) is 18.4. The number of nitrogens with one attached hydrogen (secondary N) is 2. The van der Waals surface area contributed by atoms with Gasteiger partial charge in [0.15, 0.2) is 5.78 Å². The van der Waals surface area contributed by atoms with E-state index in [0.29, 0.717) is 13.1 Å². The normalized spacial score (nSPS) is 19.7. The first-order valence-electron chi connectivity index (χ1n) is 10.4. The van der Waals surface area contributed by atoms with Gasteiger partial charge in [-0.3, -0.25) is 15.1 Å². The van der Waals surface area contributed by atoms with E-state index in [0.717, 1.165) is 23.8 Å². The first kappa shape index (κ1) is 28.0. The van der Waals surface area contributed by atoms with Crippen LogP contribution in [0.3, 0.4) is 0 Å². The molecule has 1 heterocycles. The molecule has 1 fully saturated rings. The van der Waals surface area contributed by atoms with Crippen molar-refractivity contribution in [2.75, 3.05) is 13.1 Å². The fourth-order valence-corrected chi connectivity index (χ4v) is 4.47. The molecule has 13 heteroatoms. The molecule has 1 aliphatic carbocycles. The number of Topliss-reactive ketones (excluding diaryl/α,β-unsaturated/α-hetero) is 1. The Bertz CT molecular complexity index is 1130. The van der Waals surface area contributed by atoms with Crippen LogP contribution in [0.4, 0.5) is 13.2 Å². The van der Waals surface area contributed by atoms with Crippen molar-refractivity contribution in [3.8, 4) is 0 Å². The van der Waals surface area contributed by atoms with Gasteiger partial charge in [-0.15, -0.1) is 0 Å². The average molecular weight is 515 g/mol. The van der Waals surface area contributed by atoms with Crippen LogP contribution in [0.2, 0.25) is 0 Å². The highest BCUT2D eigenvalue weighted by Gasteiger charge is 2.38. The fourth-order valence-electron chi connectivity index (χ4n) is 3.43. The van der Waals surface area contributed by atoms with Crippen molar-refractivity contribution in [2.24, 2.45) is 11.7 Å². The van der Waals surface area contributed by atoms with E-state index in [2.05, 4.69) is 4.72 Å². The number of hydrogen-bond acceptors (Lipinski definition) is 6. The topological polar surface area (TPSA) is 154 Å². The summed E-state index contributed by atoms with van der Waals surface area (Å²) in [5, 5.41) is 15.8. The molecule has 9 nitrogen and oxygen atoms in total. The molecule has 2 aliphatic rings. The van der Waals surface area contributed by atoms with Crippen molar-refractivity contribution in [3.63, 3.8) is 0 Å². The average Bonchev–Trinajstić information content (AvgIpc) is 3.32. The third kappa shape index (κ3) is 8.46. The van der Waals surface area contributed by atoms with Crippen LogP contribution in [0.15, 0.2) is 59.5 Å². The fraction of sp³-hybridized carbons (Fsp3) is 0.318. The van der Waals surface area contributed by atoms with Crippen LogP contribution in [0.5, 0.6) is 0 Å². The molecule has 190 valence electrons. The van der Waals surface area contributed by atoms with E-state index in [1.807, 2.05) is 23.1 Å². The van der Waals surface area contributed by atoms with Crippen molar-refractivity contribution >= 4 is 33.7 Å². The first-order valence-corrected chi connectivity index (χ1v) is 11.9. The van der Waals surface area contributed by atoms with Crippen molar-refractivity contribution in [2.45, 2.75) is 25.2 Å². The Hall–Kier alpha value is -3.29. The zero-order valence-corrected chi connectivity index (χ0v) is 19.2. The van der Waals surface area contributed by atoms with Gasteiger partial charge in [0.2, 0.25) is 10.0 Å². The van der Waals surface area contributed by atoms with Gasteiger partial charge in [0.05, 0.1) is 17.7 Å². The van der Waals surface area contributed by atoms with Crippen LogP contribution in [0, 0.1) is 11.3 Å². The van der Waals surface area contributed by atoms with E-state index >= 15 is 0 Å². The maximum absolute atomic E-state index is 12.8. The lowest BCUT2D eigenvalue weighted by Crippen LogP contribution is -2.53. The molecule has 1 unspecified atom stereocenters. The predicted molar refractivity (Wildman–Crippen MR) is 123 cm³/mol. The van der Waals surface area contributed by atoms with Gasteiger partial charge < -0.3 is 10.8 Å². The standard InChI is InChI=1S/C20H24N4O3S.C2HF3O2/c21-19(22)16-9-6-10-17(18(16)25)20(24-12-4-5-13-24)23-28(26,27)14-11-15-7-2-1-3-8-15;3-2(4,5)1(6)7/h1-3,6-11,14,17,20,23H,4-5,12-13H2,(H3,21,22);(H,6,7)/t17-,20?;/m1./s1. The summed E-state index contributed by atoms with van der Waals surface area (Å²) in [7, 11) is -3.79. The van der Waals surface area contributed by atoms with Gasteiger partial charge >= 0.3 is 12.1 Å². The number of alkyl halides is 3. The number of nitrogens with two attached hydrogens (primary N) is 1. The number of likely N-dealkylation sites (tertiary alicyclic amines) is 1. The molecule has 0 spiro atoms. The number of sulfonamides is 1. The van der Waals surface area contributed by atoms with E-state index in [1.54, 1.807) is 24.3 Å². The largest absolute Gasteiger partial charge is 0.490 e. The Balaban J connectivity index is 0.000000540. The Morgan fingerprint density at radius 3 is 2.31 bits per heavy atom. The molecular weight excluding hydrogens is 489 g/mol. The summed E-state index contributed by atoms with van der Waals surface area (Å²) >= 11 is 0. The van der Waals surface area contributed by atoms with Crippen LogP contribution in [-0.2, 0) is 19.6 Å². The van der Waals surface area contributed by atoms with Gasteiger partial charge in [0, 0.05) is 5.41 Å². The number of allylic oxidation sites excluding steroid dienone is 2. The lowest BCUT2D eigenvalue weighted by atomic mass is 9.89. The number of ketones is 1. The number of halogens is 3. The minimum atomic E-state index is -5.08. The minimum Gasteiger partial charge on any atom is -0.475 e. The van der Waals surface area contributed by atoms with Crippen molar-refractivity contribution in [3.05, 3.63) is 65.1 Å². The Morgan fingerprint density at radius 1 is 1.23 bits per heavy atom. The third-order valence-electron chi connectivity index (χ3n) is 5.08. The van der Waals surface area contributed by atoms with Gasteiger partial charge in [-0.25, -0.2) is 13.2 Å². The van der Waals surface area contributed by atoms with E-state index in [-0.39, 0.29) is 17.2 Å². The lowest BCUT2D eigenvalue weighted by molar-refractivity contribution is -0.192. The van der Waals surface area contributed by atoms with Crippen molar-refractivity contribution in [1.82, 2.24) is 9.62 Å². The number of hydrogen-bond donors (Lipinski definition) is 4. The number of carbonyl (C=O) groups excluding carboxylic acids is 1. The molecule has 0 bridgehead atoms. The van der Waals surface area contributed by atoms with Gasteiger partial charge in [-0.2, -0.15) is 17.9 Å². The molecule has 35 heavy (non-hydrogen) atoms. The highest BCUT2D eigenvalue weighted by Crippen LogP contribution is 2.24. The molecule has 0 radical (unpaired) electrons. The maximum atomic E-state index is 12.8. The summed E-state index contributed by atoms with van der Waals surface area (Å²) in [6.07, 6.45) is 2.41. The summed E-state index contributed by atoms with van der Waals surface area (Å²) in [6, 6.07) is 9.12. The molecular formula is C22H25F3N4O5S. The highest BCUT2D eigenvalue weighted by atomic mass is 32.2. The molecule has 5 N–H and O–H groups in total. The summed E-state index contributed by atoms with van der Waals surface area (Å²) in [4.78, 5) is 23.7. The summed E-state index contributed by atoms with van der Waals surface area (Å²) in [5.74, 6) is -4.15. The Labute approximate surface area is 200 Å². The summed E-state index contributed by atoms with van der Waals surface area (Å²) < 4.78 is 59.8. The summed E-state index contributed by atoms with van der Waals surface area (Å²) in [5.41, 5.74) is 6.38. The monoisotopic (exact) mass is 514 g/mol. The van der Waals surface area contributed by atoms with E-state index in [1.165, 1.54) is 12.2 Å². The van der Waals surface area contributed by atoms with Crippen LogP contribution in [-0.4, -0.2) is 61.4 Å². The van der Waals surface area contributed by atoms with Crippen molar-refractivity contribution in [1.29, 1.82) is 5.41 Å². The van der Waals surface area contributed by atoms with Crippen molar-refractivity contribution < 1.29 is 36.3 Å². The quantitative estimate of drug-likeness (QED) is 0.321. The second-order valence-corrected chi connectivity index (χ2v) is 9.23. The summed E-state index contributed by atoms with van der Waals surface area (Å²) in [6.45, 7) is 1.40. The Kier molecular flexibility index (Phi) is 9.51. The second-order valence-electron chi connectivity index (χ2n) is 7.64. The highest BCUT2D eigenvalue weighted by molar-refractivity contribution is 7.92. The molecule has 3 rings (SSSR count). The van der Waals surface area contributed by atoms with Gasteiger partial charge in [0.1, 0.15) is 5.84 Å². The van der Waals surface area contributed by atoms with E-state index in [4.69, 9.17) is 21.0 Å². The van der Waals surface area contributed by atoms with Crippen LogP contribution in [0.1, 0.15) is 18.4 Å². The van der Waals surface area contributed by atoms with Gasteiger partial charge in [0.25, 0.3) is 0 Å². The molecule has 0 amide bonds. The molecule has 0 aromatic heterocycles. The molecule has 0 saturated carbocycles. The number of carbonyl (C=O) groups is 2. The number of rotatable bonds is 7. The first-order chi connectivity index (χ1) is 16.3. The number of amidine groups is 1. The smallest absolute Gasteiger partial charge is 0.475 e. The molecule has 1 aromatic carbocycles. The predicted octanol–water partition coefficient (Wildman–Crippen LogP) is 2.25. The molecule has 1 aliphatic heterocycles. The maximum Gasteiger partial charge on any atom is 0.490 e. The van der Waals surface area contributed by atoms with Gasteiger partial charge in [-0.05, 0) is 43.6 Å². The van der Waals surface area contributed by atoms with Crippen LogP contribution < -0.4 is 10.5 Å². The Morgan fingerprint density at radius 2 is 1.80 bits per heavy atom. The van der Waals surface area contributed by atoms with Crippen LogP contribution in [0.25, 0.3) is 6.08 Å². The zero-order chi connectivity index (χ0) is 26.2. The minimum absolute atomic E-state index is 0.107. The molecule has 2 atom stereocenters. The number of nitrogens with zero attached hydrogens (tertiary/aromatic N) is 1. The van der Waals surface area contributed by atoms with E-state index in [9.17, 15) is 26.4 Å². The van der Waals surface area contributed by atoms with Gasteiger partial charge in [-0.1, -0.05) is 42.5 Å². The third-order valence-corrected chi connectivity index (χ3v) is 6.15. The molecule has 1 aromatic rings. The van der Waals surface area contributed by atoms with E-state index < -0.39 is 34.3 Å². The van der Waals surface area contributed by atoms with Crippen LogP contribution >= 0.6 is 0 Å². The SMILES string of the molecule is N=C(N)C1=CC=C[C@@H](C(NS(=O)(=O)C=Cc2ccccc2)N2CCCC2)C1=O.O=C(O)C(F)(F)F. The number of carboxylic acid groups (broad SMARTS) is 1. The second kappa shape index (κ2) is 11.9. The number of carboxylic acids is 1. The number of benzene rings is 1. The molecule has 1 saturated heterocycles. The number of aliphatic carboxylic acids is 1. The lowest BCUT2D eigenvalue weighted by Gasteiger charge is -2.33.